The number of nitrogens with zero attached hydrogens (tertiary/aromatic N) is 4. The van der Waals surface area contributed by atoms with Gasteiger partial charge in [-0.2, -0.15) is 0 Å². The molecular weight excluding hydrogens is 494 g/mol. The van der Waals surface area contributed by atoms with Crippen molar-refractivity contribution in [1.82, 2.24) is 14.5 Å². The molecule has 4 fully saturated rings. The van der Waals surface area contributed by atoms with E-state index in [1.54, 1.807) is 5.56 Å². The van der Waals surface area contributed by atoms with E-state index < -0.39 is 0 Å². The second kappa shape index (κ2) is 11.6. The number of ether oxygens (including phenoxy) is 1. The molecule has 40 heavy (non-hydrogen) atoms. The molecule has 1 aromatic heterocycles. The summed E-state index contributed by atoms with van der Waals surface area (Å²) in [5.74, 6) is 2.26. The molecule has 3 aliphatic heterocycles. The van der Waals surface area contributed by atoms with Gasteiger partial charge in [0.05, 0.1) is 25.6 Å². The molecule has 2 aromatic carbocycles. The summed E-state index contributed by atoms with van der Waals surface area (Å²) in [6.45, 7) is 8.78. The summed E-state index contributed by atoms with van der Waals surface area (Å²) in [5.41, 5.74) is 4.32. The maximum absolute atomic E-state index is 5.28. The van der Waals surface area contributed by atoms with Gasteiger partial charge in [0.2, 0.25) is 0 Å². The van der Waals surface area contributed by atoms with Gasteiger partial charge in [-0.3, -0.25) is 0 Å². The van der Waals surface area contributed by atoms with Crippen molar-refractivity contribution in [3.05, 3.63) is 78.9 Å². The molecular formula is C34H45N5O. The molecule has 4 heterocycles. The highest BCUT2D eigenvalue weighted by Gasteiger charge is 2.48. The first-order valence-corrected chi connectivity index (χ1v) is 15.7. The fourth-order valence-corrected chi connectivity index (χ4v) is 8.24. The molecule has 1 unspecified atom stereocenters. The van der Waals surface area contributed by atoms with E-state index in [2.05, 4.69) is 85.5 Å². The van der Waals surface area contributed by atoms with Crippen LogP contribution in [0.5, 0.6) is 0 Å². The van der Waals surface area contributed by atoms with Crippen molar-refractivity contribution in [3.63, 3.8) is 0 Å². The van der Waals surface area contributed by atoms with Crippen LogP contribution in [0.3, 0.4) is 0 Å². The molecule has 212 valence electrons. The number of hydrogen-bond acceptors (Lipinski definition) is 5. The molecule has 1 N–H and O–H groups in total. The van der Waals surface area contributed by atoms with Crippen molar-refractivity contribution >= 4 is 11.4 Å². The minimum Gasteiger partial charge on any atom is -0.378 e. The van der Waals surface area contributed by atoms with Crippen LogP contribution in [0.1, 0.15) is 44.1 Å². The monoisotopic (exact) mass is 539 g/mol. The fraction of sp³-hybridized carbons (Fsp3) is 0.559. The van der Waals surface area contributed by atoms with Gasteiger partial charge in [0.25, 0.3) is 0 Å². The number of aromatic nitrogens is 2. The van der Waals surface area contributed by atoms with Crippen LogP contribution >= 0.6 is 0 Å². The molecule has 6 nitrogen and oxygen atoms in total. The smallest absolute Gasteiger partial charge is 0.0946 e. The molecule has 0 amide bonds. The minimum atomic E-state index is 0.199. The van der Waals surface area contributed by atoms with Crippen LogP contribution in [0.25, 0.3) is 0 Å². The minimum absolute atomic E-state index is 0.199. The van der Waals surface area contributed by atoms with Crippen LogP contribution in [0.2, 0.25) is 0 Å². The Labute approximate surface area is 239 Å². The lowest BCUT2D eigenvalue weighted by molar-refractivity contribution is 0.0211. The summed E-state index contributed by atoms with van der Waals surface area (Å²) >= 11 is 0. The molecule has 0 spiro atoms. The summed E-state index contributed by atoms with van der Waals surface area (Å²) in [6, 6.07) is 21.0. The van der Waals surface area contributed by atoms with Crippen LogP contribution in [-0.2, 0) is 16.7 Å². The number of imidazole rings is 1. The highest BCUT2D eigenvalue weighted by molar-refractivity contribution is 5.56. The number of likely N-dealkylation sites (tertiary alicyclic amines) is 1. The maximum Gasteiger partial charge on any atom is 0.0946 e. The topological polar surface area (TPSA) is 45.6 Å². The van der Waals surface area contributed by atoms with Gasteiger partial charge in [-0.25, -0.2) is 4.98 Å². The van der Waals surface area contributed by atoms with Gasteiger partial charge >= 0.3 is 0 Å². The Morgan fingerprint density at radius 3 is 2.25 bits per heavy atom. The Morgan fingerprint density at radius 2 is 1.60 bits per heavy atom. The number of piperidine rings is 1. The molecule has 3 saturated heterocycles. The van der Waals surface area contributed by atoms with Gasteiger partial charge in [0.1, 0.15) is 0 Å². The average molecular weight is 540 g/mol. The Kier molecular flexibility index (Phi) is 7.55. The molecule has 3 aromatic rings. The third-order valence-corrected chi connectivity index (χ3v) is 10.4. The summed E-state index contributed by atoms with van der Waals surface area (Å²) in [6.07, 6.45) is 14.3. The molecule has 1 atom stereocenters. The highest BCUT2D eigenvalue weighted by atomic mass is 16.5. The summed E-state index contributed by atoms with van der Waals surface area (Å²) < 4.78 is 7.64. The summed E-state index contributed by atoms with van der Waals surface area (Å²) in [4.78, 5) is 9.74. The zero-order valence-corrected chi connectivity index (χ0v) is 23.8. The van der Waals surface area contributed by atoms with Gasteiger partial charge in [-0.05, 0) is 80.4 Å². The van der Waals surface area contributed by atoms with Gasteiger partial charge in [-0.1, -0.05) is 43.2 Å². The Morgan fingerprint density at radius 1 is 0.875 bits per heavy atom. The second-order valence-electron chi connectivity index (χ2n) is 12.9. The number of hydrogen-bond donors (Lipinski definition) is 1. The SMILES string of the molecule is c1ccc(C(Cn2ccnc2)(C2CCCC2)C2CCN(CC3CN(c4ccc(NC5COC5)cc4)C3)CC2)cc1. The van der Waals surface area contributed by atoms with Gasteiger partial charge < -0.3 is 24.4 Å². The third-order valence-electron chi connectivity index (χ3n) is 10.4. The van der Waals surface area contributed by atoms with Crippen molar-refractivity contribution in [3.8, 4) is 0 Å². The lowest BCUT2D eigenvalue weighted by Crippen LogP contribution is -2.54. The molecule has 6 heteroatoms. The van der Waals surface area contributed by atoms with Gasteiger partial charge in [0.15, 0.2) is 0 Å². The van der Waals surface area contributed by atoms with E-state index in [4.69, 9.17) is 4.74 Å². The van der Waals surface area contributed by atoms with E-state index in [-0.39, 0.29) is 5.41 Å². The van der Waals surface area contributed by atoms with Crippen LogP contribution in [0.15, 0.2) is 73.3 Å². The number of rotatable bonds is 10. The largest absolute Gasteiger partial charge is 0.378 e. The summed E-state index contributed by atoms with van der Waals surface area (Å²) in [7, 11) is 0. The van der Waals surface area contributed by atoms with Gasteiger partial charge in [-0.15, -0.1) is 0 Å². The molecule has 1 aliphatic carbocycles. The highest BCUT2D eigenvalue weighted by Crippen LogP contribution is 2.51. The molecule has 0 radical (unpaired) electrons. The number of nitrogens with one attached hydrogen (secondary N) is 1. The van der Waals surface area contributed by atoms with Crippen molar-refractivity contribution in [1.29, 1.82) is 0 Å². The summed E-state index contributed by atoms with van der Waals surface area (Å²) in [5, 5.41) is 3.54. The zero-order valence-electron chi connectivity index (χ0n) is 23.8. The van der Waals surface area contributed by atoms with Gasteiger partial charge in [0, 0.05) is 61.3 Å². The lowest BCUT2D eigenvalue weighted by Gasteiger charge is -2.50. The van der Waals surface area contributed by atoms with Crippen molar-refractivity contribution in [2.75, 3.05) is 56.2 Å². The van der Waals surface area contributed by atoms with Crippen molar-refractivity contribution < 1.29 is 4.74 Å². The second-order valence-corrected chi connectivity index (χ2v) is 12.9. The van der Waals surface area contributed by atoms with Crippen LogP contribution in [0, 0.1) is 17.8 Å². The van der Waals surface area contributed by atoms with Crippen LogP contribution < -0.4 is 10.2 Å². The predicted molar refractivity (Wildman–Crippen MR) is 162 cm³/mol. The van der Waals surface area contributed by atoms with E-state index in [0.29, 0.717) is 12.0 Å². The Bertz CT molecular complexity index is 1190. The quantitative estimate of drug-likeness (QED) is 0.360. The maximum atomic E-state index is 5.28. The zero-order chi connectivity index (χ0) is 26.8. The number of benzene rings is 2. The third kappa shape index (κ3) is 5.28. The molecule has 0 bridgehead atoms. The van der Waals surface area contributed by atoms with Crippen LogP contribution in [0.4, 0.5) is 11.4 Å². The standard InChI is InChI=1S/C34H45N5O/c1-2-6-28(7-3-1)34(29-8-4-5-9-29,25-38-19-16-35-26-38)30-14-17-37(18-15-30)20-27-21-39(22-27)33-12-10-31(11-13-33)36-32-23-40-24-32/h1-3,6-7,10-13,16,19,26-27,29-30,32,36H,4-5,8-9,14-15,17-18,20-25H2. The normalized spacial score (nSPS) is 23.1. The predicted octanol–water partition coefficient (Wildman–Crippen LogP) is 5.67. The van der Waals surface area contributed by atoms with Crippen molar-refractivity contribution in [2.24, 2.45) is 17.8 Å². The molecule has 7 rings (SSSR count). The van der Waals surface area contributed by atoms with E-state index in [9.17, 15) is 0 Å². The first kappa shape index (κ1) is 26.1. The lowest BCUT2D eigenvalue weighted by atomic mass is 9.59. The average Bonchev–Trinajstić information content (AvgIpc) is 3.68. The van der Waals surface area contributed by atoms with E-state index >= 15 is 0 Å². The Hall–Kier alpha value is -2.83. The molecule has 4 aliphatic rings. The number of anilines is 2. The molecule has 1 saturated carbocycles. The van der Waals surface area contributed by atoms with Crippen LogP contribution in [-0.4, -0.2) is 66.4 Å². The van der Waals surface area contributed by atoms with E-state index in [1.165, 1.54) is 82.6 Å². The van der Waals surface area contributed by atoms with E-state index in [0.717, 1.165) is 31.6 Å². The first-order chi connectivity index (χ1) is 19.8. The van der Waals surface area contributed by atoms with Crippen molar-refractivity contribution in [2.45, 2.75) is 56.5 Å². The fourth-order valence-electron chi connectivity index (χ4n) is 8.24. The van der Waals surface area contributed by atoms with E-state index in [1.807, 2.05) is 12.5 Å². The Balaban J connectivity index is 0.976. The first-order valence-electron chi connectivity index (χ1n) is 15.7.